The van der Waals surface area contributed by atoms with Crippen molar-refractivity contribution in [2.75, 3.05) is 6.54 Å². The lowest BCUT2D eigenvalue weighted by Gasteiger charge is -2.19. The van der Waals surface area contributed by atoms with Gasteiger partial charge in [-0.25, -0.2) is 0 Å². The van der Waals surface area contributed by atoms with Crippen LogP contribution >= 0.6 is 11.6 Å². The summed E-state index contributed by atoms with van der Waals surface area (Å²) in [5, 5.41) is 3.24. The Morgan fingerprint density at radius 3 is 2.53 bits per heavy atom. The van der Waals surface area contributed by atoms with Gasteiger partial charge in [0.05, 0.1) is 5.56 Å². The molecule has 5 heteroatoms. The largest absolute Gasteiger partial charge is 0.416 e. The monoisotopic (exact) mass is 263 g/mol. The molecule has 0 saturated carbocycles. The Hall–Kier alpha value is -1.00. The van der Waals surface area contributed by atoms with Gasteiger partial charge >= 0.3 is 6.18 Å². The van der Waals surface area contributed by atoms with Crippen molar-refractivity contribution in [1.29, 1.82) is 0 Å². The maximum absolute atomic E-state index is 12.7. The van der Waals surface area contributed by atoms with Crippen LogP contribution in [0.5, 0.6) is 0 Å². The SMILES string of the molecule is C=C(Cl)CNC(C)c1ccccc1C(F)(F)F. The molecule has 1 atom stereocenters. The lowest BCUT2D eigenvalue weighted by atomic mass is 10.0. The van der Waals surface area contributed by atoms with Crippen molar-refractivity contribution in [2.45, 2.75) is 19.1 Å². The number of alkyl halides is 3. The van der Waals surface area contributed by atoms with Gasteiger partial charge in [-0.3, -0.25) is 0 Å². The zero-order valence-electron chi connectivity index (χ0n) is 9.31. The molecule has 1 aromatic carbocycles. The van der Waals surface area contributed by atoms with E-state index in [1.165, 1.54) is 12.1 Å². The fourth-order valence-corrected chi connectivity index (χ4v) is 1.58. The number of hydrogen-bond donors (Lipinski definition) is 1. The van der Waals surface area contributed by atoms with Gasteiger partial charge in [0.1, 0.15) is 0 Å². The minimum absolute atomic E-state index is 0.206. The van der Waals surface area contributed by atoms with Gasteiger partial charge < -0.3 is 5.32 Å². The van der Waals surface area contributed by atoms with Gasteiger partial charge in [0.2, 0.25) is 0 Å². The summed E-state index contributed by atoms with van der Waals surface area (Å²) in [6, 6.07) is 5.04. The van der Waals surface area contributed by atoms with E-state index >= 15 is 0 Å². The second-order valence-electron chi connectivity index (χ2n) is 3.70. The summed E-state index contributed by atoms with van der Waals surface area (Å²) < 4.78 is 38.2. The summed E-state index contributed by atoms with van der Waals surface area (Å²) in [4.78, 5) is 0. The van der Waals surface area contributed by atoms with Crippen molar-refractivity contribution in [3.63, 3.8) is 0 Å². The van der Waals surface area contributed by atoms with E-state index in [2.05, 4.69) is 11.9 Å². The van der Waals surface area contributed by atoms with Crippen LogP contribution in [-0.2, 0) is 6.18 Å². The van der Waals surface area contributed by atoms with Crippen molar-refractivity contribution in [3.8, 4) is 0 Å². The van der Waals surface area contributed by atoms with Crippen molar-refractivity contribution in [1.82, 2.24) is 5.32 Å². The Bertz CT molecular complexity index is 401. The highest BCUT2D eigenvalue weighted by Gasteiger charge is 2.33. The molecule has 1 aromatic rings. The Labute approximate surface area is 103 Å². The number of nitrogens with one attached hydrogen (secondary N) is 1. The first-order valence-electron chi connectivity index (χ1n) is 5.05. The van der Waals surface area contributed by atoms with Gasteiger partial charge in [-0.15, -0.1) is 0 Å². The molecular formula is C12H13ClF3N. The molecule has 0 aliphatic carbocycles. The number of benzene rings is 1. The van der Waals surface area contributed by atoms with Crippen molar-refractivity contribution < 1.29 is 13.2 Å². The molecule has 0 bridgehead atoms. The van der Waals surface area contributed by atoms with Crippen LogP contribution in [0.15, 0.2) is 35.9 Å². The van der Waals surface area contributed by atoms with Crippen LogP contribution in [0.3, 0.4) is 0 Å². The van der Waals surface area contributed by atoms with E-state index in [9.17, 15) is 13.2 Å². The summed E-state index contributed by atoms with van der Waals surface area (Å²) in [5.74, 6) is 0. The molecule has 0 aromatic heterocycles. The normalized spacial score (nSPS) is 13.5. The van der Waals surface area contributed by atoms with Crippen molar-refractivity contribution in [3.05, 3.63) is 47.0 Å². The van der Waals surface area contributed by atoms with Crippen LogP contribution in [0.2, 0.25) is 0 Å². The average Bonchev–Trinajstić information content (AvgIpc) is 2.24. The van der Waals surface area contributed by atoms with Crippen LogP contribution < -0.4 is 5.32 Å². The zero-order chi connectivity index (χ0) is 13.1. The minimum Gasteiger partial charge on any atom is -0.305 e. The highest BCUT2D eigenvalue weighted by atomic mass is 35.5. The average molecular weight is 264 g/mol. The fourth-order valence-electron chi connectivity index (χ4n) is 1.51. The Morgan fingerprint density at radius 2 is 2.00 bits per heavy atom. The van der Waals surface area contributed by atoms with Gasteiger partial charge in [-0.05, 0) is 18.6 Å². The molecule has 94 valence electrons. The zero-order valence-corrected chi connectivity index (χ0v) is 10.1. The number of rotatable bonds is 4. The Morgan fingerprint density at radius 1 is 1.41 bits per heavy atom. The Kier molecular flexibility index (Phi) is 4.60. The first-order chi connectivity index (χ1) is 7.82. The highest BCUT2D eigenvalue weighted by molar-refractivity contribution is 6.29. The summed E-state index contributed by atoms with van der Waals surface area (Å²) in [7, 11) is 0. The highest BCUT2D eigenvalue weighted by Crippen LogP contribution is 2.34. The minimum atomic E-state index is -4.34. The topological polar surface area (TPSA) is 12.0 Å². The number of halogens is 4. The maximum Gasteiger partial charge on any atom is 0.416 e. The molecule has 0 aliphatic rings. The third kappa shape index (κ3) is 4.06. The van der Waals surface area contributed by atoms with Crippen LogP contribution in [-0.4, -0.2) is 6.54 Å². The van der Waals surface area contributed by atoms with Crippen molar-refractivity contribution >= 4 is 11.6 Å². The van der Waals surface area contributed by atoms with E-state index in [1.54, 1.807) is 13.0 Å². The molecule has 1 unspecified atom stereocenters. The summed E-state index contributed by atoms with van der Waals surface area (Å²) in [6.07, 6.45) is -4.34. The summed E-state index contributed by atoms with van der Waals surface area (Å²) in [5.41, 5.74) is -0.418. The van der Waals surface area contributed by atoms with Crippen LogP contribution in [0.25, 0.3) is 0 Å². The van der Waals surface area contributed by atoms with Crippen molar-refractivity contribution in [2.24, 2.45) is 0 Å². The van der Waals surface area contributed by atoms with E-state index < -0.39 is 17.8 Å². The third-order valence-corrected chi connectivity index (χ3v) is 2.47. The summed E-state index contributed by atoms with van der Waals surface area (Å²) >= 11 is 5.56. The lowest BCUT2D eigenvalue weighted by molar-refractivity contribution is -0.138. The molecule has 1 N–H and O–H groups in total. The van der Waals surface area contributed by atoms with Gasteiger partial charge in [-0.1, -0.05) is 36.4 Å². The van der Waals surface area contributed by atoms with E-state index in [0.29, 0.717) is 5.03 Å². The van der Waals surface area contributed by atoms with Gasteiger partial charge in [0, 0.05) is 17.6 Å². The standard InChI is InChI=1S/C12H13ClF3N/c1-8(13)7-17-9(2)10-5-3-4-6-11(10)12(14,15)16/h3-6,9,17H,1,7H2,2H3. The van der Waals surface area contributed by atoms with Crippen LogP contribution in [0.4, 0.5) is 13.2 Å². The third-order valence-electron chi connectivity index (χ3n) is 2.33. The van der Waals surface area contributed by atoms with E-state index in [0.717, 1.165) is 6.07 Å². The smallest absolute Gasteiger partial charge is 0.305 e. The molecule has 0 aliphatic heterocycles. The molecule has 1 rings (SSSR count). The molecule has 1 nitrogen and oxygen atoms in total. The van der Waals surface area contributed by atoms with Crippen LogP contribution in [0, 0.1) is 0 Å². The first kappa shape index (κ1) is 14.1. The molecule has 0 saturated heterocycles. The molecule has 0 spiro atoms. The molecule has 17 heavy (non-hydrogen) atoms. The fraction of sp³-hybridized carbons (Fsp3) is 0.333. The predicted molar refractivity (Wildman–Crippen MR) is 62.9 cm³/mol. The molecule has 0 radical (unpaired) electrons. The second kappa shape index (κ2) is 5.56. The van der Waals surface area contributed by atoms with Gasteiger partial charge in [-0.2, -0.15) is 13.2 Å². The first-order valence-corrected chi connectivity index (χ1v) is 5.43. The Balaban J connectivity index is 2.93. The maximum atomic E-state index is 12.7. The van der Waals surface area contributed by atoms with E-state index in [-0.39, 0.29) is 12.1 Å². The molecule has 0 fully saturated rings. The van der Waals surface area contributed by atoms with Gasteiger partial charge in [0.15, 0.2) is 0 Å². The van der Waals surface area contributed by atoms with E-state index in [4.69, 9.17) is 11.6 Å². The predicted octanol–water partition coefficient (Wildman–Crippen LogP) is 4.11. The van der Waals surface area contributed by atoms with Gasteiger partial charge in [0.25, 0.3) is 0 Å². The molecule has 0 heterocycles. The van der Waals surface area contributed by atoms with E-state index in [1.807, 2.05) is 0 Å². The quantitative estimate of drug-likeness (QED) is 0.862. The van der Waals surface area contributed by atoms with Crippen LogP contribution in [0.1, 0.15) is 24.1 Å². The number of hydrogen-bond acceptors (Lipinski definition) is 1. The lowest BCUT2D eigenvalue weighted by Crippen LogP contribution is -2.22. The second-order valence-corrected chi connectivity index (χ2v) is 4.24. The molecular weight excluding hydrogens is 251 g/mol. The summed E-state index contributed by atoms with van der Waals surface area (Å²) in [6.45, 7) is 5.40. The molecule has 0 amide bonds.